The number of benzene rings is 1. The Balaban J connectivity index is 1.81. The molecule has 2 heterocycles. The van der Waals surface area contributed by atoms with E-state index in [0.717, 1.165) is 4.90 Å². The Hall–Kier alpha value is -2.74. The van der Waals surface area contributed by atoms with Crippen molar-refractivity contribution in [1.29, 1.82) is 0 Å². The molecule has 0 saturated carbocycles. The summed E-state index contributed by atoms with van der Waals surface area (Å²) in [7, 11) is 0. The predicted octanol–water partition coefficient (Wildman–Crippen LogP) is 0.489. The molecule has 1 aromatic carbocycles. The summed E-state index contributed by atoms with van der Waals surface area (Å²) in [6, 6.07) is 3.84. The molecule has 3 amide bonds. The van der Waals surface area contributed by atoms with Gasteiger partial charge in [0.25, 0.3) is 5.91 Å². The molecule has 2 aliphatic heterocycles. The second-order valence-corrected chi connectivity index (χ2v) is 6.64. The largest absolute Gasteiger partial charge is 0.478 e. The molecule has 1 atom stereocenters. The van der Waals surface area contributed by atoms with Gasteiger partial charge in [-0.1, -0.05) is 6.07 Å². The van der Waals surface area contributed by atoms with Crippen molar-refractivity contribution in [1.82, 2.24) is 9.80 Å². The van der Waals surface area contributed by atoms with Crippen molar-refractivity contribution in [2.75, 3.05) is 31.1 Å². The molecule has 8 heteroatoms. The van der Waals surface area contributed by atoms with Gasteiger partial charge in [-0.2, -0.15) is 0 Å². The van der Waals surface area contributed by atoms with Crippen molar-refractivity contribution in [2.45, 2.75) is 26.3 Å². The van der Waals surface area contributed by atoms with Gasteiger partial charge in [-0.3, -0.25) is 19.3 Å². The number of carboxylic acids is 1. The zero-order valence-corrected chi connectivity index (χ0v) is 14.8. The smallest absolute Gasteiger partial charge is 0.335 e. The number of carbonyl (C=O) groups is 4. The van der Waals surface area contributed by atoms with Crippen LogP contribution in [0.4, 0.5) is 5.69 Å². The van der Waals surface area contributed by atoms with Crippen LogP contribution in [-0.2, 0) is 14.4 Å². The molecule has 3 rings (SSSR count). The Labute approximate surface area is 151 Å². The molecule has 0 aliphatic carbocycles. The predicted molar refractivity (Wildman–Crippen MR) is 92.9 cm³/mol. The Kier molecular flexibility index (Phi) is 4.78. The maximum Gasteiger partial charge on any atom is 0.335 e. The van der Waals surface area contributed by atoms with Crippen LogP contribution in [-0.4, -0.2) is 70.8 Å². The van der Waals surface area contributed by atoms with E-state index in [9.17, 15) is 24.3 Å². The SMILES string of the molecule is CC(=O)N1CCN(C2CC(=O)N(c3cc(C(=O)O)ccc3C)C2=O)CC1. The lowest BCUT2D eigenvalue weighted by Crippen LogP contribution is -2.53. The molecular weight excluding hydrogens is 338 g/mol. The van der Waals surface area contributed by atoms with E-state index in [1.165, 1.54) is 19.1 Å². The molecule has 0 radical (unpaired) electrons. The Morgan fingerprint density at radius 3 is 2.35 bits per heavy atom. The fourth-order valence-corrected chi connectivity index (χ4v) is 3.49. The quantitative estimate of drug-likeness (QED) is 0.789. The first kappa shape index (κ1) is 18.1. The number of piperazine rings is 1. The van der Waals surface area contributed by atoms with Crippen molar-refractivity contribution < 1.29 is 24.3 Å². The monoisotopic (exact) mass is 359 g/mol. The zero-order chi connectivity index (χ0) is 19.0. The fourth-order valence-electron chi connectivity index (χ4n) is 3.49. The number of carbonyl (C=O) groups excluding carboxylic acids is 3. The van der Waals surface area contributed by atoms with E-state index >= 15 is 0 Å². The van der Waals surface area contributed by atoms with E-state index in [0.29, 0.717) is 37.4 Å². The maximum atomic E-state index is 12.9. The minimum Gasteiger partial charge on any atom is -0.478 e. The summed E-state index contributed by atoms with van der Waals surface area (Å²) in [5.74, 6) is -1.78. The van der Waals surface area contributed by atoms with Crippen LogP contribution in [0.15, 0.2) is 18.2 Å². The van der Waals surface area contributed by atoms with Crippen LogP contribution in [0.2, 0.25) is 0 Å². The number of amides is 3. The number of anilines is 1. The van der Waals surface area contributed by atoms with Gasteiger partial charge in [0.1, 0.15) is 0 Å². The van der Waals surface area contributed by atoms with Gasteiger partial charge in [0.15, 0.2) is 0 Å². The van der Waals surface area contributed by atoms with Crippen molar-refractivity contribution in [3.8, 4) is 0 Å². The lowest BCUT2D eigenvalue weighted by molar-refractivity contribution is -0.131. The average molecular weight is 359 g/mol. The van der Waals surface area contributed by atoms with Crippen molar-refractivity contribution in [3.63, 3.8) is 0 Å². The summed E-state index contributed by atoms with van der Waals surface area (Å²) >= 11 is 0. The Bertz CT molecular complexity index is 783. The minimum absolute atomic E-state index is 0.00112. The van der Waals surface area contributed by atoms with E-state index in [1.54, 1.807) is 17.9 Å². The van der Waals surface area contributed by atoms with Gasteiger partial charge in [0, 0.05) is 33.1 Å². The number of carboxylic acid groups (broad SMARTS) is 1. The lowest BCUT2D eigenvalue weighted by atomic mass is 10.1. The Morgan fingerprint density at radius 1 is 1.12 bits per heavy atom. The highest BCUT2D eigenvalue weighted by Gasteiger charge is 2.44. The number of aryl methyl sites for hydroxylation is 1. The number of aromatic carboxylic acids is 1. The van der Waals surface area contributed by atoms with Gasteiger partial charge in [-0.25, -0.2) is 9.69 Å². The highest BCUT2D eigenvalue weighted by atomic mass is 16.4. The van der Waals surface area contributed by atoms with Crippen LogP contribution in [0.5, 0.6) is 0 Å². The number of nitrogens with zero attached hydrogens (tertiary/aromatic N) is 3. The zero-order valence-electron chi connectivity index (χ0n) is 14.8. The minimum atomic E-state index is -1.11. The normalized spacial score (nSPS) is 21.4. The third-order valence-corrected chi connectivity index (χ3v) is 5.02. The van der Waals surface area contributed by atoms with Crippen LogP contribution in [0.3, 0.4) is 0 Å². The summed E-state index contributed by atoms with van der Waals surface area (Å²) < 4.78 is 0. The van der Waals surface area contributed by atoms with Crippen LogP contribution < -0.4 is 4.90 Å². The number of imide groups is 1. The van der Waals surface area contributed by atoms with E-state index in [2.05, 4.69) is 0 Å². The van der Waals surface area contributed by atoms with Crippen LogP contribution in [0, 0.1) is 6.92 Å². The molecule has 8 nitrogen and oxygen atoms in total. The molecule has 0 aromatic heterocycles. The van der Waals surface area contributed by atoms with Crippen molar-refractivity contribution >= 4 is 29.4 Å². The van der Waals surface area contributed by atoms with Crippen LogP contribution >= 0.6 is 0 Å². The summed E-state index contributed by atoms with van der Waals surface area (Å²) in [5, 5.41) is 9.17. The fraction of sp³-hybridized carbons (Fsp3) is 0.444. The molecular formula is C18H21N3O5. The van der Waals surface area contributed by atoms with Gasteiger partial charge in [-0.05, 0) is 24.6 Å². The number of hydrogen-bond donors (Lipinski definition) is 1. The van der Waals surface area contributed by atoms with Gasteiger partial charge in [0.2, 0.25) is 11.8 Å². The second-order valence-electron chi connectivity index (χ2n) is 6.64. The van der Waals surface area contributed by atoms with E-state index in [1.807, 2.05) is 4.90 Å². The van der Waals surface area contributed by atoms with E-state index < -0.39 is 12.0 Å². The number of hydrogen-bond acceptors (Lipinski definition) is 5. The molecule has 1 N–H and O–H groups in total. The molecule has 0 bridgehead atoms. The topological polar surface area (TPSA) is 98.2 Å². The van der Waals surface area contributed by atoms with E-state index in [-0.39, 0.29) is 29.7 Å². The van der Waals surface area contributed by atoms with Gasteiger partial charge >= 0.3 is 5.97 Å². The van der Waals surface area contributed by atoms with Gasteiger partial charge in [-0.15, -0.1) is 0 Å². The standard InChI is InChI=1S/C18H21N3O5/c1-11-3-4-13(18(25)26)9-14(11)21-16(23)10-15(17(21)24)20-7-5-19(6-8-20)12(2)22/h3-4,9,15H,5-8,10H2,1-2H3,(H,25,26). The average Bonchev–Trinajstić information content (AvgIpc) is 2.90. The van der Waals surface area contributed by atoms with Crippen LogP contribution in [0.1, 0.15) is 29.3 Å². The summed E-state index contributed by atoms with van der Waals surface area (Å²) in [6.45, 7) is 5.37. The van der Waals surface area contributed by atoms with E-state index in [4.69, 9.17) is 0 Å². The Morgan fingerprint density at radius 2 is 1.77 bits per heavy atom. The maximum absolute atomic E-state index is 12.9. The number of rotatable bonds is 3. The highest BCUT2D eigenvalue weighted by Crippen LogP contribution is 2.29. The summed E-state index contributed by atoms with van der Waals surface area (Å²) in [5.41, 5.74) is 1.02. The summed E-state index contributed by atoms with van der Waals surface area (Å²) in [6.07, 6.45) is 0.0651. The van der Waals surface area contributed by atoms with Gasteiger partial charge < -0.3 is 10.0 Å². The first-order chi connectivity index (χ1) is 12.3. The highest BCUT2D eigenvalue weighted by molar-refractivity contribution is 6.23. The molecule has 138 valence electrons. The molecule has 2 aliphatic rings. The van der Waals surface area contributed by atoms with Crippen molar-refractivity contribution in [3.05, 3.63) is 29.3 Å². The van der Waals surface area contributed by atoms with Gasteiger partial charge in [0.05, 0.1) is 23.7 Å². The molecule has 26 heavy (non-hydrogen) atoms. The lowest BCUT2D eigenvalue weighted by Gasteiger charge is -2.36. The molecule has 0 spiro atoms. The first-order valence-electron chi connectivity index (χ1n) is 8.50. The third kappa shape index (κ3) is 3.20. The molecule has 2 saturated heterocycles. The summed E-state index contributed by atoms with van der Waals surface area (Å²) in [4.78, 5) is 52.8. The molecule has 2 fully saturated rings. The molecule has 1 aromatic rings. The van der Waals surface area contributed by atoms with Crippen LogP contribution in [0.25, 0.3) is 0 Å². The molecule has 1 unspecified atom stereocenters. The first-order valence-corrected chi connectivity index (χ1v) is 8.50. The van der Waals surface area contributed by atoms with Crippen molar-refractivity contribution in [2.24, 2.45) is 0 Å². The second kappa shape index (κ2) is 6.87. The third-order valence-electron chi connectivity index (χ3n) is 5.02.